The number of rotatable bonds is 5. The van der Waals surface area contributed by atoms with Crippen LogP contribution in [-0.4, -0.2) is 5.91 Å². The molecular formula is C13H15NO. The van der Waals surface area contributed by atoms with E-state index in [2.05, 4.69) is 18.5 Å². The standard InChI is InChI=1S/C13H15NO/c1-3-8-13(15)14-12(4-2)11-9-6-5-7-10-11/h3-7,9-10,12H,1-2,8H2,(H,14,15)/i11+1,13+2. The van der Waals surface area contributed by atoms with Gasteiger partial charge in [-0.2, -0.15) is 0 Å². The molecule has 0 fully saturated rings. The normalized spacial score (nSPS) is 11.5. The van der Waals surface area contributed by atoms with Crippen molar-refractivity contribution in [2.75, 3.05) is 0 Å². The second-order valence-corrected chi connectivity index (χ2v) is 3.18. The molecule has 0 radical (unpaired) electrons. The number of hydrogen-bond acceptors (Lipinski definition) is 1. The van der Waals surface area contributed by atoms with Crippen molar-refractivity contribution < 1.29 is 4.79 Å². The monoisotopic (exact) mass is 204 g/mol. The Bertz CT molecular complexity index is 343. The summed E-state index contributed by atoms with van der Waals surface area (Å²) in [5.74, 6) is -0.0428. The first-order valence-electron chi connectivity index (χ1n) is 4.85. The summed E-state index contributed by atoms with van der Waals surface area (Å²) in [6.45, 7) is 7.23. The van der Waals surface area contributed by atoms with Gasteiger partial charge < -0.3 is 5.32 Å². The molecule has 0 aliphatic carbocycles. The molecule has 1 aromatic rings. The molecule has 2 nitrogen and oxygen atoms in total. The van der Waals surface area contributed by atoms with Crippen LogP contribution in [0, 0.1) is 0 Å². The third-order valence-corrected chi connectivity index (χ3v) is 2.04. The molecule has 0 spiro atoms. The molecule has 0 aliphatic heterocycles. The maximum absolute atomic E-state index is 11.4. The van der Waals surface area contributed by atoms with Gasteiger partial charge >= 0.3 is 0 Å². The zero-order valence-electron chi connectivity index (χ0n) is 8.65. The lowest BCUT2D eigenvalue weighted by molar-refractivity contribution is -0.120. The van der Waals surface area contributed by atoms with Crippen LogP contribution >= 0.6 is 0 Å². The topological polar surface area (TPSA) is 29.1 Å². The van der Waals surface area contributed by atoms with Crippen molar-refractivity contribution in [2.45, 2.75) is 12.5 Å². The van der Waals surface area contributed by atoms with E-state index in [0.29, 0.717) is 6.42 Å². The van der Waals surface area contributed by atoms with Crippen LogP contribution in [0.4, 0.5) is 0 Å². The zero-order valence-corrected chi connectivity index (χ0v) is 8.65. The predicted octanol–water partition coefficient (Wildman–Crippen LogP) is 2.61. The lowest BCUT2D eigenvalue weighted by atomic mass is 10.3. The van der Waals surface area contributed by atoms with Crippen LogP contribution < -0.4 is 5.32 Å². The van der Waals surface area contributed by atoms with E-state index in [-0.39, 0.29) is 11.9 Å². The molecule has 1 amide bonds. The first kappa shape index (κ1) is 11.2. The Kier molecular flexibility index (Phi) is 4.35. The first-order chi connectivity index (χ1) is 7.27. The summed E-state index contributed by atoms with van der Waals surface area (Å²) in [6, 6.07) is 9.60. The van der Waals surface area contributed by atoms with Crippen LogP contribution in [-0.2, 0) is 4.79 Å². The second kappa shape index (κ2) is 5.81. The fourth-order valence-electron chi connectivity index (χ4n) is 1.30. The molecule has 0 saturated heterocycles. The minimum Gasteiger partial charge on any atom is -0.346 e. The number of carbonyl (C=O) groups is 1. The largest absolute Gasteiger partial charge is 0.346 e. The van der Waals surface area contributed by atoms with Crippen LogP contribution in [0.15, 0.2) is 55.6 Å². The highest BCUT2D eigenvalue weighted by Gasteiger charge is 2.08. The van der Waals surface area contributed by atoms with E-state index in [9.17, 15) is 4.79 Å². The average molecular weight is 204 g/mol. The van der Waals surface area contributed by atoms with Gasteiger partial charge in [0.05, 0.1) is 6.04 Å². The SMILES string of the molecule is C=CC[14C](=O)NC(C=C)[13c]1ccccc1. The molecule has 1 rings (SSSR count). The van der Waals surface area contributed by atoms with E-state index in [1.807, 2.05) is 30.3 Å². The maximum Gasteiger partial charge on any atom is 0.224 e. The van der Waals surface area contributed by atoms with Gasteiger partial charge in [0, 0.05) is 6.42 Å². The summed E-state index contributed by atoms with van der Waals surface area (Å²) in [7, 11) is 0. The van der Waals surface area contributed by atoms with Crippen molar-refractivity contribution in [2.24, 2.45) is 0 Å². The lowest BCUT2D eigenvalue weighted by Gasteiger charge is -2.14. The van der Waals surface area contributed by atoms with Gasteiger partial charge in [0.15, 0.2) is 0 Å². The quantitative estimate of drug-likeness (QED) is 0.734. The third-order valence-electron chi connectivity index (χ3n) is 2.04. The first-order valence-corrected chi connectivity index (χ1v) is 4.85. The Morgan fingerprint density at radius 1 is 1.33 bits per heavy atom. The number of nitrogens with one attached hydrogen (secondary N) is 1. The second-order valence-electron chi connectivity index (χ2n) is 3.18. The molecule has 1 atom stereocenters. The number of hydrogen-bond donors (Lipinski definition) is 1. The summed E-state index contributed by atoms with van der Waals surface area (Å²) < 4.78 is 0. The highest BCUT2D eigenvalue weighted by Crippen LogP contribution is 2.13. The molecule has 0 heterocycles. The summed E-state index contributed by atoms with van der Waals surface area (Å²) in [6.07, 6.45) is 3.63. The predicted molar refractivity (Wildman–Crippen MR) is 62.3 cm³/mol. The van der Waals surface area contributed by atoms with Crippen molar-refractivity contribution in [3.8, 4) is 0 Å². The van der Waals surface area contributed by atoms with Crippen LogP contribution in [0.2, 0.25) is 0 Å². The molecule has 1 aromatic carbocycles. The van der Waals surface area contributed by atoms with E-state index in [4.69, 9.17) is 0 Å². The Labute approximate surface area is 90.3 Å². The van der Waals surface area contributed by atoms with Crippen LogP contribution in [0.5, 0.6) is 0 Å². The number of amides is 1. The van der Waals surface area contributed by atoms with Gasteiger partial charge in [-0.25, -0.2) is 0 Å². The van der Waals surface area contributed by atoms with Crippen LogP contribution in [0.3, 0.4) is 0 Å². The van der Waals surface area contributed by atoms with E-state index in [1.165, 1.54) is 0 Å². The molecule has 1 unspecified atom stereocenters. The molecule has 0 aliphatic rings. The molecular weight excluding hydrogens is 189 g/mol. The molecule has 15 heavy (non-hydrogen) atoms. The van der Waals surface area contributed by atoms with Crippen LogP contribution in [0.1, 0.15) is 18.0 Å². The fraction of sp³-hybridized carbons (Fsp3) is 0.154. The average Bonchev–Trinajstić information content (AvgIpc) is 2.27. The van der Waals surface area contributed by atoms with E-state index >= 15 is 0 Å². The van der Waals surface area contributed by atoms with Gasteiger partial charge in [-0.05, 0) is 5.56 Å². The summed E-state index contributed by atoms with van der Waals surface area (Å²) in [5.41, 5.74) is 1.03. The summed E-state index contributed by atoms with van der Waals surface area (Å²) in [5, 5.41) is 2.86. The van der Waals surface area contributed by atoms with Gasteiger partial charge in [0.2, 0.25) is 5.91 Å². The molecule has 0 saturated carbocycles. The number of carbonyl (C=O) groups excluding carboxylic acids is 1. The van der Waals surface area contributed by atoms with Crippen LogP contribution in [0.25, 0.3) is 0 Å². The van der Waals surface area contributed by atoms with Crippen molar-refractivity contribution in [1.29, 1.82) is 0 Å². The fourth-order valence-corrected chi connectivity index (χ4v) is 1.30. The zero-order chi connectivity index (χ0) is 11.1. The van der Waals surface area contributed by atoms with Gasteiger partial charge in [-0.1, -0.05) is 42.5 Å². The highest BCUT2D eigenvalue weighted by atomic mass is 16.3. The highest BCUT2D eigenvalue weighted by molar-refractivity contribution is 5.78. The Morgan fingerprint density at radius 3 is 2.53 bits per heavy atom. The molecule has 0 bridgehead atoms. The summed E-state index contributed by atoms with van der Waals surface area (Å²) in [4.78, 5) is 11.4. The molecule has 2 heteroatoms. The maximum atomic E-state index is 11.4. The van der Waals surface area contributed by atoms with Crippen molar-refractivity contribution in [1.82, 2.24) is 5.32 Å². The van der Waals surface area contributed by atoms with Crippen molar-refractivity contribution in [3.63, 3.8) is 0 Å². The number of benzene rings is 1. The lowest BCUT2D eigenvalue weighted by Crippen LogP contribution is -2.26. The summed E-state index contributed by atoms with van der Waals surface area (Å²) >= 11 is 0. The minimum absolute atomic E-state index is 0.0428. The molecule has 0 aromatic heterocycles. The Balaban J connectivity index is 2.68. The smallest absolute Gasteiger partial charge is 0.224 e. The van der Waals surface area contributed by atoms with E-state index in [0.717, 1.165) is 5.56 Å². The van der Waals surface area contributed by atoms with E-state index < -0.39 is 0 Å². The van der Waals surface area contributed by atoms with E-state index in [1.54, 1.807) is 12.2 Å². The van der Waals surface area contributed by atoms with Gasteiger partial charge in [-0.15, -0.1) is 13.2 Å². The Morgan fingerprint density at radius 2 is 2.00 bits per heavy atom. The molecule has 78 valence electrons. The van der Waals surface area contributed by atoms with Gasteiger partial charge in [-0.3, -0.25) is 4.79 Å². The van der Waals surface area contributed by atoms with Gasteiger partial charge in [0.1, 0.15) is 0 Å². The minimum atomic E-state index is -0.126. The van der Waals surface area contributed by atoms with Crippen molar-refractivity contribution >= 4 is 5.91 Å². The Hall–Kier alpha value is -1.83. The van der Waals surface area contributed by atoms with Crippen molar-refractivity contribution in [3.05, 3.63) is 61.2 Å². The molecule has 1 N–H and O–H groups in total. The van der Waals surface area contributed by atoms with Gasteiger partial charge in [0.25, 0.3) is 0 Å². The third kappa shape index (κ3) is 3.43.